The van der Waals surface area contributed by atoms with E-state index in [1.807, 2.05) is 13.8 Å². The monoisotopic (exact) mass is 223 g/mol. The van der Waals surface area contributed by atoms with Crippen molar-refractivity contribution in [2.24, 2.45) is 5.92 Å². The first kappa shape index (κ1) is 11.3. The smallest absolute Gasteiger partial charge is 0.172 e. The molecule has 0 amide bonds. The molecule has 16 heavy (non-hydrogen) atoms. The third kappa shape index (κ3) is 2.14. The van der Waals surface area contributed by atoms with Crippen LogP contribution in [0.2, 0.25) is 0 Å². The largest absolute Gasteiger partial charge is 0.391 e. The lowest BCUT2D eigenvalue weighted by atomic mass is 10.1. The van der Waals surface area contributed by atoms with Crippen LogP contribution in [-0.4, -0.2) is 32.5 Å². The number of nitrogens with zero attached hydrogens (tertiary/aromatic N) is 3. The van der Waals surface area contributed by atoms with Crippen LogP contribution in [-0.2, 0) is 6.54 Å². The molecule has 1 aromatic heterocycles. The molecule has 1 atom stereocenters. The van der Waals surface area contributed by atoms with Crippen molar-refractivity contribution in [1.29, 1.82) is 0 Å². The van der Waals surface area contributed by atoms with Gasteiger partial charge in [-0.1, -0.05) is 19.1 Å². The Kier molecular flexibility index (Phi) is 3.05. The van der Waals surface area contributed by atoms with Gasteiger partial charge >= 0.3 is 0 Å². The molecule has 5 heteroatoms. The van der Waals surface area contributed by atoms with Crippen LogP contribution >= 0.6 is 0 Å². The van der Waals surface area contributed by atoms with Crippen molar-refractivity contribution in [3.8, 4) is 0 Å². The van der Waals surface area contributed by atoms with Crippen molar-refractivity contribution >= 4 is 6.29 Å². The van der Waals surface area contributed by atoms with E-state index in [4.69, 9.17) is 0 Å². The summed E-state index contributed by atoms with van der Waals surface area (Å²) in [7, 11) is 0. The predicted octanol–water partition coefficient (Wildman–Crippen LogP) is 0.985. The second-order valence-corrected chi connectivity index (χ2v) is 4.72. The molecule has 88 valence electrons. The van der Waals surface area contributed by atoms with Crippen molar-refractivity contribution in [2.75, 3.05) is 0 Å². The number of aromatic nitrogens is 3. The maximum absolute atomic E-state index is 10.8. The van der Waals surface area contributed by atoms with Crippen LogP contribution in [0.1, 0.15) is 48.8 Å². The number of aliphatic hydroxyl groups is 1. The van der Waals surface area contributed by atoms with E-state index in [0.717, 1.165) is 24.8 Å². The van der Waals surface area contributed by atoms with Crippen LogP contribution in [0.5, 0.6) is 0 Å². The van der Waals surface area contributed by atoms with Crippen molar-refractivity contribution in [1.82, 2.24) is 15.0 Å². The Morgan fingerprint density at radius 2 is 2.25 bits per heavy atom. The van der Waals surface area contributed by atoms with E-state index in [1.165, 1.54) is 0 Å². The first-order valence-electron chi connectivity index (χ1n) is 5.70. The maximum atomic E-state index is 10.8. The highest BCUT2D eigenvalue weighted by Gasteiger charge is 2.31. The fourth-order valence-corrected chi connectivity index (χ4v) is 1.95. The SMILES string of the molecule is CC(C)c1c(C=O)nnn1CC(O)C1CC1. The van der Waals surface area contributed by atoms with Crippen LogP contribution in [0.15, 0.2) is 0 Å². The fraction of sp³-hybridized carbons (Fsp3) is 0.727. The molecule has 0 spiro atoms. The second kappa shape index (κ2) is 4.33. The summed E-state index contributed by atoms with van der Waals surface area (Å²) in [6.07, 6.45) is 2.54. The molecule has 1 aliphatic carbocycles. The molecule has 0 aliphatic heterocycles. The summed E-state index contributed by atoms with van der Waals surface area (Å²) in [5.74, 6) is 0.588. The maximum Gasteiger partial charge on any atom is 0.172 e. The Morgan fingerprint density at radius 3 is 2.75 bits per heavy atom. The summed E-state index contributed by atoms with van der Waals surface area (Å²) in [5.41, 5.74) is 1.20. The van der Waals surface area contributed by atoms with E-state index in [0.29, 0.717) is 18.2 Å². The lowest BCUT2D eigenvalue weighted by Gasteiger charge is -2.13. The van der Waals surface area contributed by atoms with Crippen molar-refractivity contribution in [3.05, 3.63) is 11.4 Å². The van der Waals surface area contributed by atoms with Gasteiger partial charge in [-0.25, -0.2) is 4.68 Å². The van der Waals surface area contributed by atoms with Gasteiger partial charge in [0, 0.05) is 0 Å². The highest BCUT2D eigenvalue weighted by molar-refractivity contribution is 5.73. The molecule has 1 fully saturated rings. The molecule has 2 rings (SSSR count). The Bertz CT molecular complexity index is 383. The van der Waals surface area contributed by atoms with Crippen LogP contribution in [0.4, 0.5) is 0 Å². The average molecular weight is 223 g/mol. The number of rotatable bonds is 5. The van der Waals surface area contributed by atoms with E-state index in [2.05, 4.69) is 10.3 Å². The molecule has 1 aliphatic rings. The highest BCUT2D eigenvalue weighted by atomic mass is 16.3. The molecule has 5 nitrogen and oxygen atoms in total. The average Bonchev–Trinajstić information content (AvgIpc) is 3.00. The normalized spacial score (nSPS) is 17.8. The summed E-state index contributed by atoms with van der Waals surface area (Å²) in [5, 5.41) is 17.6. The second-order valence-electron chi connectivity index (χ2n) is 4.72. The van der Waals surface area contributed by atoms with Gasteiger partial charge in [0.2, 0.25) is 0 Å². The topological polar surface area (TPSA) is 68.0 Å². The van der Waals surface area contributed by atoms with Crippen molar-refractivity contribution < 1.29 is 9.90 Å². The van der Waals surface area contributed by atoms with Crippen molar-refractivity contribution in [3.63, 3.8) is 0 Å². The molecule has 1 unspecified atom stereocenters. The summed E-state index contributed by atoms with van der Waals surface area (Å²) in [4.78, 5) is 10.8. The van der Waals surface area contributed by atoms with Gasteiger partial charge in [-0.3, -0.25) is 4.79 Å². The Hall–Kier alpha value is -1.23. The van der Waals surface area contributed by atoms with Gasteiger partial charge < -0.3 is 5.11 Å². The summed E-state index contributed by atoms with van der Waals surface area (Å²) < 4.78 is 1.66. The standard InChI is InChI=1S/C11H17N3O2/c1-7(2)11-9(6-15)12-13-14(11)5-10(16)8-3-4-8/h6-8,10,16H,3-5H2,1-2H3. The van der Waals surface area contributed by atoms with E-state index in [9.17, 15) is 9.90 Å². The van der Waals surface area contributed by atoms with Crippen LogP contribution in [0.3, 0.4) is 0 Å². The van der Waals surface area contributed by atoms with Crippen LogP contribution in [0.25, 0.3) is 0 Å². The molecule has 0 aromatic carbocycles. The van der Waals surface area contributed by atoms with E-state index < -0.39 is 0 Å². The molecule has 1 heterocycles. The van der Waals surface area contributed by atoms with Gasteiger partial charge in [0.05, 0.1) is 18.3 Å². The lowest BCUT2D eigenvalue weighted by Crippen LogP contribution is -2.21. The van der Waals surface area contributed by atoms with Gasteiger partial charge in [0.25, 0.3) is 0 Å². The lowest BCUT2D eigenvalue weighted by molar-refractivity contribution is 0.111. The Morgan fingerprint density at radius 1 is 1.56 bits per heavy atom. The molecular weight excluding hydrogens is 206 g/mol. The van der Waals surface area contributed by atoms with Crippen LogP contribution in [0, 0.1) is 5.92 Å². The summed E-state index contributed by atoms with van der Waals surface area (Å²) >= 11 is 0. The molecular formula is C11H17N3O2. The number of aliphatic hydroxyl groups excluding tert-OH is 1. The summed E-state index contributed by atoms with van der Waals surface area (Å²) in [6, 6.07) is 0. The zero-order valence-electron chi connectivity index (χ0n) is 9.63. The van der Waals surface area contributed by atoms with E-state index in [-0.39, 0.29) is 12.0 Å². The molecule has 1 aromatic rings. The number of carbonyl (C=O) groups is 1. The minimum atomic E-state index is -0.362. The number of aldehydes is 1. The minimum absolute atomic E-state index is 0.182. The Balaban J connectivity index is 2.18. The highest BCUT2D eigenvalue weighted by Crippen LogP contribution is 2.33. The zero-order valence-corrected chi connectivity index (χ0v) is 9.63. The van der Waals surface area contributed by atoms with Crippen molar-refractivity contribution in [2.45, 2.75) is 45.3 Å². The van der Waals surface area contributed by atoms with Gasteiger partial charge in [0.15, 0.2) is 6.29 Å². The summed E-state index contributed by atoms with van der Waals surface area (Å²) in [6.45, 7) is 4.43. The van der Waals surface area contributed by atoms with E-state index >= 15 is 0 Å². The molecule has 0 bridgehead atoms. The first-order chi connectivity index (χ1) is 7.63. The molecule has 0 radical (unpaired) electrons. The first-order valence-corrected chi connectivity index (χ1v) is 5.70. The number of carbonyl (C=O) groups excluding carboxylic acids is 1. The molecule has 0 saturated heterocycles. The third-order valence-corrected chi connectivity index (χ3v) is 2.99. The van der Waals surface area contributed by atoms with E-state index in [1.54, 1.807) is 4.68 Å². The zero-order chi connectivity index (χ0) is 11.7. The molecule has 1 N–H and O–H groups in total. The predicted molar refractivity (Wildman–Crippen MR) is 58.2 cm³/mol. The quantitative estimate of drug-likeness (QED) is 0.756. The minimum Gasteiger partial charge on any atom is -0.391 e. The molecule has 1 saturated carbocycles. The Labute approximate surface area is 94.5 Å². The number of hydrogen-bond acceptors (Lipinski definition) is 4. The third-order valence-electron chi connectivity index (χ3n) is 2.99. The van der Waals surface area contributed by atoms with Gasteiger partial charge in [0.1, 0.15) is 5.69 Å². The van der Waals surface area contributed by atoms with Crippen LogP contribution < -0.4 is 0 Å². The van der Waals surface area contributed by atoms with Gasteiger partial charge in [-0.2, -0.15) is 0 Å². The van der Waals surface area contributed by atoms with Gasteiger partial charge in [-0.15, -0.1) is 5.10 Å². The number of hydrogen-bond donors (Lipinski definition) is 1. The van der Waals surface area contributed by atoms with Gasteiger partial charge in [-0.05, 0) is 24.7 Å². The fourth-order valence-electron chi connectivity index (χ4n) is 1.95.